The Morgan fingerprint density at radius 3 is 2.57 bits per heavy atom. The van der Waals surface area contributed by atoms with Crippen molar-refractivity contribution in [2.45, 2.75) is 13.2 Å². The molecule has 2 aromatic carbocycles. The highest BCUT2D eigenvalue weighted by Gasteiger charge is 2.33. The lowest BCUT2D eigenvalue weighted by Crippen LogP contribution is -2.14. The lowest BCUT2D eigenvalue weighted by atomic mass is 9.91. The van der Waals surface area contributed by atoms with Gasteiger partial charge in [0.15, 0.2) is 17.3 Å². The number of aromatic hydroxyl groups is 3. The molecule has 0 unspecified atom stereocenters. The summed E-state index contributed by atoms with van der Waals surface area (Å²) < 4.78 is 5.16. The Morgan fingerprint density at radius 2 is 1.90 bits per heavy atom. The minimum Gasteiger partial charge on any atom is -0.507 e. The Hall–Kier alpha value is -2.73. The van der Waals surface area contributed by atoms with Gasteiger partial charge in [-0.2, -0.15) is 0 Å². The van der Waals surface area contributed by atoms with E-state index < -0.39 is 12.1 Å². The van der Waals surface area contributed by atoms with E-state index in [2.05, 4.69) is 0 Å². The van der Waals surface area contributed by atoms with Crippen molar-refractivity contribution in [3.63, 3.8) is 0 Å². The predicted molar refractivity (Wildman–Crippen MR) is 72.5 cm³/mol. The zero-order valence-corrected chi connectivity index (χ0v) is 11.0. The fourth-order valence-electron chi connectivity index (χ4n) is 2.48. The maximum atomic E-state index is 11.5. The smallest absolute Gasteiger partial charge is 0.228 e. The molecule has 0 spiro atoms. The molecule has 0 fully saturated rings. The zero-order chi connectivity index (χ0) is 15.3. The molecule has 3 rings (SSSR count). The van der Waals surface area contributed by atoms with Gasteiger partial charge in [-0.3, -0.25) is 4.79 Å². The Balaban J connectivity index is 2.41. The number of Topliss-reactive ketones (excluding diaryl/α,β-unsaturated/α-hetero) is 1. The Morgan fingerprint density at radius 1 is 1.19 bits per heavy atom. The van der Waals surface area contributed by atoms with E-state index >= 15 is 0 Å². The minimum atomic E-state index is -1.48. The van der Waals surface area contributed by atoms with Crippen LogP contribution in [0.15, 0.2) is 24.3 Å². The number of aliphatic hydroxyl groups is 1. The number of hydrogen-bond acceptors (Lipinski definition) is 6. The molecule has 2 aromatic rings. The number of hydrogen-bond donors (Lipinski definition) is 4. The maximum Gasteiger partial charge on any atom is 0.228 e. The van der Waals surface area contributed by atoms with Gasteiger partial charge in [0.2, 0.25) is 6.29 Å². The topological polar surface area (TPSA) is 107 Å². The second-order valence-corrected chi connectivity index (χ2v) is 4.76. The number of rotatable bonds is 1. The van der Waals surface area contributed by atoms with Crippen LogP contribution in [0.5, 0.6) is 23.0 Å². The first-order valence-electron chi connectivity index (χ1n) is 6.18. The molecule has 108 valence electrons. The number of carbonyl (C=O) groups excluding carboxylic acids is 1. The summed E-state index contributed by atoms with van der Waals surface area (Å²) in [6.45, 7) is 1.25. The molecule has 6 nitrogen and oxygen atoms in total. The normalized spacial score (nSPS) is 15.8. The standard InChI is InChI=1S/C15H12O6/c1-6(16)8-5-10(18)14-12(13(8)19)7-3-2-4-9(17)11(7)15(20)21-14/h2-5,15,17-20H,1H3/t15-/m1/s1. The van der Waals surface area contributed by atoms with Crippen molar-refractivity contribution >= 4 is 5.78 Å². The number of phenolic OH excluding ortho intramolecular Hbond substituents is 3. The van der Waals surface area contributed by atoms with Crippen molar-refractivity contribution in [3.8, 4) is 34.1 Å². The quantitative estimate of drug-likeness (QED) is 0.472. The summed E-state index contributed by atoms with van der Waals surface area (Å²) in [4.78, 5) is 11.5. The van der Waals surface area contributed by atoms with Crippen LogP contribution >= 0.6 is 0 Å². The third kappa shape index (κ3) is 1.80. The minimum absolute atomic E-state index is 0.0661. The first-order valence-corrected chi connectivity index (χ1v) is 6.18. The van der Waals surface area contributed by atoms with Gasteiger partial charge in [-0.15, -0.1) is 0 Å². The van der Waals surface area contributed by atoms with E-state index in [4.69, 9.17) is 4.74 Å². The van der Waals surface area contributed by atoms with E-state index in [1.807, 2.05) is 0 Å². The van der Waals surface area contributed by atoms with E-state index in [1.165, 1.54) is 19.1 Å². The molecule has 0 saturated carbocycles. The fraction of sp³-hybridized carbons (Fsp3) is 0.133. The number of benzene rings is 2. The van der Waals surface area contributed by atoms with Gasteiger partial charge in [-0.1, -0.05) is 12.1 Å². The summed E-state index contributed by atoms with van der Waals surface area (Å²) in [7, 11) is 0. The molecule has 0 bridgehead atoms. The van der Waals surface area contributed by atoms with Gasteiger partial charge in [0.05, 0.1) is 16.7 Å². The third-order valence-electron chi connectivity index (χ3n) is 3.44. The van der Waals surface area contributed by atoms with Gasteiger partial charge < -0.3 is 25.2 Å². The molecular formula is C15H12O6. The van der Waals surface area contributed by atoms with E-state index in [0.29, 0.717) is 5.56 Å². The van der Waals surface area contributed by atoms with Crippen LogP contribution in [0.2, 0.25) is 0 Å². The number of carbonyl (C=O) groups is 1. The van der Waals surface area contributed by atoms with Crippen molar-refractivity contribution in [2.75, 3.05) is 0 Å². The first-order chi connectivity index (χ1) is 9.91. The molecule has 0 aliphatic carbocycles. The largest absolute Gasteiger partial charge is 0.507 e. The molecule has 0 amide bonds. The van der Waals surface area contributed by atoms with Crippen molar-refractivity contribution in [1.82, 2.24) is 0 Å². The Kier molecular flexibility index (Phi) is 2.77. The van der Waals surface area contributed by atoms with Crippen LogP contribution in [0.25, 0.3) is 11.1 Å². The van der Waals surface area contributed by atoms with Crippen LogP contribution in [0.3, 0.4) is 0 Å². The van der Waals surface area contributed by atoms with Gasteiger partial charge >= 0.3 is 0 Å². The second-order valence-electron chi connectivity index (χ2n) is 4.76. The summed E-state index contributed by atoms with van der Waals surface area (Å²) in [6.07, 6.45) is -1.48. The SMILES string of the molecule is CC(=O)c1cc(O)c2c(c1O)-c1cccc(O)c1[C@H](O)O2. The average molecular weight is 288 g/mol. The number of ether oxygens (including phenoxy) is 1. The third-order valence-corrected chi connectivity index (χ3v) is 3.44. The number of ketones is 1. The highest BCUT2D eigenvalue weighted by atomic mass is 16.6. The zero-order valence-electron chi connectivity index (χ0n) is 11.0. The van der Waals surface area contributed by atoms with Crippen molar-refractivity contribution in [3.05, 3.63) is 35.4 Å². The van der Waals surface area contributed by atoms with Crippen LogP contribution in [-0.2, 0) is 0 Å². The molecule has 0 aromatic heterocycles. The van der Waals surface area contributed by atoms with Crippen molar-refractivity contribution < 1.29 is 30.0 Å². The van der Waals surface area contributed by atoms with E-state index in [1.54, 1.807) is 6.07 Å². The lowest BCUT2D eigenvalue weighted by molar-refractivity contribution is -0.0246. The summed E-state index contributed by atoms with van der Waals surface area (Å²) in [5, 5.41) is 40.0. The Labute approximate surface area is 119 Å². The van der Waals surface area contributed by atoms with Crippen molar-refractivity contribution in [1.29, 1.82) is 0 Å². The van der Waals surface area contributed by atoms with Crippen LogP contribution < -0.4 is 4.74 Å². The van der Waals surface area contributed by atoms with Gasteiger partial charge in [-0.25, -0.2) is 0 Å². The molecule has 21 heavy (non-hydrogen) atoms. The molecule has 0 radical (unpaired) electrons. The highest BCUT2D eigenvalue weighted by Crippen LogP contribution is 2.53. The molecule has 1 heterocycles. The summed E-state index contributed by atoms with van der Waals surface area (Å²) >= 11 is 0. The number of fused-ring (bicyclic) bond motifs is 3. The second kappa shape index (κ2) is 4.39. The summed E-state index contributed by atoms with van der Waals surface area (Å²) in [5.41, 5.74) is 0.358. The molecule has 1 atom stereocenters. The molecule has 4 N–H and O–H groups in total. The van der Waals surface area contributed by atoms with Gasteiger partial charge in [0, 0.05) is 5.56 Å². The summed E-state index contributed by atoms with van der Waals surface area (Å²) in [5.74, 6) is -1.52. The number of aliphatic hydroxyl groups excluding tert-OH is 1. The maximum absolute atomic E-state index is 11.5. The van der Waals surface area contributed by atoms with E-state index in [-0.39, 0.29) is 39.7 Å². The summed E-state index contributed by atoms with van der Waals surface area (Å²) in [6, 6.07) is 5.51. The van der Waals surface area contributed by atoms with Crippen LogP contribution in [-0.4, -0.2) is 26.2 Å². The van der Waals surface area contributed by atoms with Crippen LogP contribution in [0.4, 0.5) is 0 Å². The molecule has 6 heteroatoms. The van der Waals surface area contributed by atoms with Gasteiger partial charge in [0.25, 0.3) is 0 Å². The highest BCUT2D eigenvalue weighted by molar-refractivity contribution is 6.01. The lowest BCUT2D eigenvalue weighted by Gasteiger charge is -2.27. The van der Waals surface area contributed by atoms with Crippen LogP contribution in [0, 0.1) is 0 Å². The van der Waals surface area contributed by atoms with Gasteiger partial charge in [-0.05, 0) is 19.1 Å². The fourth-order valence-corrected chi connectivity index (χ4v) is 2.48. The Bertz CT molecular complexity index is 765. The van der Waals surface area contributed by atoms with Crippen LogP contribution in [0.1, 0.15) is 29.1 Å². The molecule has 1 aliphatic rings. The first kappa shape index (κ1) is 13.3. The van der Waals surface area contributed by atoms with E-state index in [0.717, 1.165) is 6.07 Å². The van der Waals surface area contributed by atoms with E-state index in [9.17, 15) is 25.2 Å². The van der Waals surface area contributed by atoms with Gasteiger partial charge in [0.1, 0.15) is 11.5 Å². The molecular weight excluding hydrogens is 276 g/mol. The molecule has 0 saturated heterocycles. The monoisotopic (exact) mass is 288 g/mol. The molecule has 1 aliphatic heterocycles. The predicted octanol–water partition coefficient (Wildman–Crippen LogP) is 2.06. The van der Waals surface area contributed by atoms with Crippen molar-refractivity contribution in [2.24, 2.45) is 0 Å². The average Bonchev–Trinajstić information content (AvgIpc) is 2.42. The number of phenols is 3.